The normalized spacial score (nSPS) is 10.2. The largest absolute Gasteiger partial charge is 0.481 e. The van der Waals surface area contributed by atoms with Gasteiger partial charge in [0.25, 0.3) is 5.69 Å². The van der Waals surface area contributed by atoms with Gasteiger partial charge >= 0.3 is 5.97 Å². The van der Waals surface area contributed by atoms with Crippen LogP contribution in [0.3, 0.4) is 0 Å². The SMILES string of the molecule is O=C(O)Cc1[nH]ccc1-c1ccc([N+](=O)[O-])cc1. The fourth-order valence-electron chi connectivity index (χ4n) is 1.73. The second-order valence-electron chi connectivity index (χ2n) is 3.74. The Labute approximate surface area is 102 Å². The molecule has 0 saturated heterocycles. The van der Waals surface area contributed by atoms with Crippen LogP contribution in [0.15, 0.2) is 36.5 Å². The highest BCUT2D eigenvalue weighted by molar-refractivity contribution is 5.75. The van der Waals surface area contributed by atoms with Gasteiger partial charge in [0.15, 0.2) is 0 Å². The van der Waals surface area contributed by atoms with E-state index in [1.807, 2.05) is 0 Å². The number of nitro groups is 1. The molecule has 0 saturated carbocycles. The number of aliphatic carboxylic acids is 1. The molecule has 1 aromatic carbocycles. The zero-order valence-electron chi connectivity index (χ0n) is 9.29. The predicted molar refractivity (Wildman–Crippen MR) is 64.2 cm³/mol. The monoisotopic (exact) mass is 246 g/mol. The fraction of sp³-hybridized carbons (Fsp3) is 0.0833. The third-order valence-corrected chi connectivity index (χ3v) is 2.55. The molecule has 2 rings (SSSR count). The van der Waals surface area contributed by atoms with Crippen molar-refractivity contribution < 1.29 is 14.8 Å². The molecule has 0 bridgehead atoms. The summed E-state index contributed by atoms with van der Waals surface area (Å²) < 4.78 is 0. The van der Waals surface area contributed by atoms with E-state index in [9.17, 15) is 14.9 Å². The standard InChI is InChI=1S/C12H10N2O4/c15-12(16)7-11-10(5-6-13-11)8-1-3-9(4-2-8)14(17)18/h1-6,13H,7H2,(H,15,16). The van der Waals surface area contributed by atoms with Crippen molar-refractivity contribution in [1.29, 1.82) is 0 Å². The second-order valence-corrected chi connectivity index (χ2v) is 3.74. The maximum atomic E-state index is 10.7. The summed E-state index contributed by atoms with van der Waals surface area (Å²) in [6.45, 7) is 0. The topological polar surface area (TPSA) is 96.2 Å². The summed E-state index contributed by atoms with van der Waals surface area (Å²) >= 11 is 0. The summed E-state index contributed by atoms with van der Waals surface area (Å²) in [6, 6.07) is 7.75. The van der Waals surface area contributed by atoms with E-state index in [0.29, 0.717) is 5.69 Å². The first kappa shape index (κ1) is 11.8. The van der Waals surface area contributed by atoms with Gasteiger partial charge in [-0.05, 0) is 23.8 Å². The molecule has 0 radical (unpaired) electrons. The number of nitro benzene ring substituents is 1. The lowest BCUT2D eigenvalue weighted by molar-refractivity contribution is -0.384. The number of carbonyl (C=O) groups is 1. The van der Waals surface area contributed by atoms with E-state index in [1.165, 1.54) is 12.1 Å². The molecular weight excluding hydrogens is 236 g/mol. The van der Waals surface area contributed by atoms with Gasteiger partial charge in [-0.2, -0.15) is 0 Å². The number of nitrogens with zero attached hydrogens (tertiary/aromatic N) is 1. The van der Waals surface area contributed by atoms with Crippen LogP contribution in [0.1, 0.15) is 5.69 Å². The molecule has 6 heteroatoms. The van der Waals surface area contributed by atoms with Crippen molar-refractivity contribution in [3.05, 3.63) is 52.3 Å². The Morgan fingerprint density at radius 3 is 2.50 bits per heavy atom. The fourth-order valence-corrected chi connectivity index (χ4v) is 1.73. The molecule has 92 valence electrons. The number of H-pyrrole nitrogens is 1. The highest BCUT2D eigenvalue weighted by atomic mass is 16.6. The third kappa shape index (κ3) is 2.37. The molecule has 18 heavy (non-hydrogen) atoms. The molecule has 6 nitrogen and oxygen atoms in total. The van der Waals surface area contributed by atoms with Crippen LogP contribution >= 0.6 is 0 Å². The predicted octanol–water partition coefficient (Wildman–Crippen LogP) is 2.22. The summed E-state index contributed by atoms with van der Waals surface area (Å²) in [4.78, 5) is 23.6. The van der Waals surface area contributed by atoms with E-state index in [1.54, 1.807) is 24.4 Å². The minimum absolute atomic E-state index is 0.00840. The van der Waals surface area contributed by atoms with Gasteiger partial charge in [-0.3, -0.25) is 14.9 Å². The molecule has 0 fully saturated rings. The average molecular weight is 246 g/mol. The minimum atomic E-state index is -0.930. The number of benzene rings is 1. The molecule has 0 aliphatic carbocycles. The first-order valence-corrected chi connectivity index (χ1v) is 5.21. The van der Waals surface area contributed by atoms with E-state index < -0.39 is 10.9 Å². The Balaban J connectivity index is 2.34. The maximum Gasteiger partial charge on any atom is 0.309 e. The Morgan fingerprint density at radius 2 is 1.94 bits per heavy atom. The van der Waals surface area contributed by atoms with Crippen molar-refractivity contribution in [3.8, 4) is 11.1 Å². The number of hydrogen-bond donors (Lipinski definition) is 2. The number of hydrogen-bond acceptors (Lipinski definition) is 3. The van der Waals surface area contributed by atoms with Crippen LogP contribution in [0, 0.1) is 10.1 Å². The molecule has 1 aromatic heterocycles. The van der Waals surface area contributed by atoms with Gasteiger partial charge in [-0.25, -0.2) is 0 Å². The van der Waals surface area contributed by atoms with Crippen LogP contribution in [-0.2, 0) is 11.2 Å². The zero-order chi connectivity index (χ0) is 13.1. The van der Waals surface area contributed by atoms with E-state index in [2.05, 4.69) is 4.98 Å². The molecule has 0 aliphatic rings. The van der Waals surface area contributed by atoms with Crippen LogP contribution in [0.4, 0.5) is 5.69 Å². The lowest BCUT2D eigenvalue weighted by Crippen LogP contribution is -2.01. The zero-order valence-corrected chi connectivity index (χ0v) is 9.29. The second kappa shape index (κ2) is 4.70. The van der Waals surface area contributed by atoms with Gasteiger partial charge in [-0.15, -0.1) is 0 Å². The van der Waals surface area contributed by atoms with Crippen LogP contribution in [0.25, 0.3) is 11.1 Å². The molecule has 0 atom stereocenters. The Bertz CT molecular complexity index is 586. The number of aromatic nitrogens is 1. The number of nitrogens with one attached hydrogen (secondary N) is 1. The molecule has 1 heterocycles. The number of rotatable bonds is 4. The summed E-state index contributed by atoms with van der Waals surface area (Å²) in [5.41, 5.74) is 2.08. The minimum Gasteiger partial charge on any atom is -0.481 e. The van der Waals surface area contributed by atoms with Crippen molar-refractivity contribution >= 4 is 11.7 Å². The van der Waals surface area contributed by atoms with Gasteiger partial charge in [0, 0.05) is 29.6 Å². The van der Waals surface area contributed by atoms with Crippen LogP contribution in [-0.4, -0.2) is 21.0 Å². The smallest absolute Gasteiger partial charge is 0.309 e. The van der Waals surface area contributed by atoms with Crippen LogP contribution in [0.2, 0.25) is 0 Å². The van der Waals surface area contributed by atoms with Crippen molar-refractivity contribution in [3.63, 3.8) is 0 Å². The molecular formula is C12H10N2O4. The first-order valence-electron chi connectivity index (χ1n) is 5.21. The first-order chi connectivity index (χ1) is 8.58. The Kier molecular flexibility index (Phi) is 3.09. The van der Waals surface area contributed by atoms with Crippen molar-refractivity contribution in [2.24, 2.45) is 0 Å². The van der Waals surface area contributed by atoms with Gasteiger partial charge in [0.2, 0.25) is 0 Å². The molecule has 0 amide bonds. The number of non-ortho nitro benzene ring substituents is 1. The number of carboxylic acids is 1. The summed E-state index contributed by atoms with van der Waals surface area (Å²) in [5, 5.41) is 19.3. The van der Waals surface area contributed by atoms with Gasteiger partial charge in [0.05, 0.1) is 11.3 Å². The van der Waals surface area contributed by atoms with Gasteiger partial charge in [0.1, 0.15) is 0 Å². The molecule has 0 unspecified atom stereocenters. The average Bonchev–Trinajstić information content (AvgIpc) is 2.76. The highest BCUT2D eigenvalue weighted by Crippen LogP contribution is 2.25. The number of carboxylic acid groups (broad SMARTS) is 1. The van der Waals surface area contributed by atoms with E-state index in [4.69, 9.17) is 5.11 Å². The highest BCUT2D eigenvalue weighted by Gasteiger charge is 2.11. The van der Waals surface area contributed by atoms with Crippen LogP contribution in [0.5, 0.6) is 0 Å². The summed E-state index contributed by atoms with van der Waals surface area (Å²) in [6.07, 6.45) is 1.54. The lowest BCUT2D eigenvalue weighted by atomic mass is 10.0. The third-order valence-electron chi connectivity index (χ3n) is 2.55. The summed E-state index contributed by atoms with van der Waals surface area (Å²) in [5.74, 6) is -0.930. The molecule has 0 aliphatic heterocycles. The maximum absolute atomic E-state index is 10.7. The Hall–Kier alpha value is -2.63. The van der Waals surface area contributed by atoms with Gasteiger partial charge in [-0.1, -0.05) is 0 Å². The van der Waals surface area contributed by atoms with Crippen LogP contribution < -0.4 is 0 Å². The van der Waals surface area contributed by atoms with Gasteiger partial charge < -0.3 is 10.1 Å². The number of aromatic amines is 1. The van der Waals surface area contributed by atoms with Crippen molar-refractivity contribution in [2.75, 3.05) is 0 Å². The van der Waals surface area contributed by atoms with E-state index in [0.717, 1.165) is 11.1 Å². The van der Waals surface area contributed by atoms with E-state index in [-0.39, 0.29) is 12.1 Å². The molecule has 2 aromatic rings. The Morgan fingerprint density at radius 1 is 1.28 bits per heavy atom. The quantitative estimate of drug-likeness (QED) is 0.638. The van der Waals surface area contributed by atoms with Crippen molar-refractivity contribution in [2.45, 2.75) is 6.42 Å². The van der Waals surface area contributed by atoms with Crippen molar-refractivity contribution in [1.82, 2.24) is 4.98 Å². The lowest BCUT2D eigenvalue weighted by Gasteiger charge is -2.02. The molecule has 0 spiro atoms. The molecule has 2 N–H and O–H groups in total. The van der Waals surface area contributed by atoms with E-state index >= 15 is 0 Å². The summed E-state index contributed by atoms with van der Waals surface area (Å²) in [7, 11) is 0.